The van der Waals surface area contributed by atoms with Crippen LogP contribution in [0, 0.1) is 5.92 Å². The smallest absolute Gasteiger partial charge is 0.308 e. The molecule has 2 fully saturated rings. The fourth-order valence-corrected chi connectivity index (χ4v) is 3.88. The molecule has 0 amide bonds. The third-order valence-corrected chi connectivity index (χ3v) is 5.04. The molecule has 1 N–H and O–H groups in total. The summed E-state index contributed by atoms with van der Waals surface area (Å²) in [6.45, 7) is 7.17. The van der Waals surface area contributed by atoms with Gasteiger partial charge in [-0.2, -0.15) is 0 Å². The highest BCUT2D eigenvalue weighted by Gasteiger charge is 2.31. The van der Waals surface area contributed by atoms with Crippen LogP contribution in [0.3, 0.4) is 0 Å². The normalized spacial score (nSPS) is 19.3. The van der Waals surface area contributed by atoms with Crippen LogP contribution in [0.2, 0.25) is 0 Å². The van der Waals surface area contributed by atoms with E-state index in [9.17, 15) is 4.79 Å². The van der Waals surface area contributed by atoms with Gasteiger partial charge in [-0.05, 0) is 36.5 Å². The zero-order valence-corrected chi connectivity index (χ0v) is 17.6. The molecular formula is C19H30Cl2N2O4. The van der Waals surface area contributed by atoms with Gasteiger partial charge in [0.15, 0.2) is 11.5 Å². The number of rotatable bonds is 5. The molecular weight excluding hydrogens is 391 g/mol. The summed E-state index contributed by atoms with van der Waals surface area (Å²) < 4.78 is 16.3. The number of nitrogens with one attached hydrogen (secondary N) is 1. The van der Waals surface area contributed by atoms with E-state index < -0.39 is 0 Å². The second-order valence-corrected chi connectivity index (χ2v) is 6.68. The lowest BCUT2D eigenvalue weighted by molar-refractivity contribution is -0.132. The van der Waals surface area contributed by atoms with Crippen molar-refractivity contribution in [3.8, 4) is 11.5 Å². The number of carbonyl (C=O) groups is 1. The summed E-state index contributed by atoms with van der Waals surface area (Å²) in [5, 5.41) is 3.43. The largest absolute Gasteiger partial charge is 0.493 e. The van der Waals surface area contributed by atoms with Crippen molar-refractivity contribution in [2.24, 2.45) is 5.92 Å². The van der Waals surface area contributed by atoms with E-state index in [0.717, 1.165) is 52.2 Å². The van der Waals surface area contributed by atoms with E-state index >= 15 is 0 Å². The summed E-state index contributed by atoms with van der Waals surface area (Å²) in [5.74, 6) is 1.31. The van der Waals surface area contributed by atoms with Crippen molar-refractivity contribution in [1.29, 1.82) is 0 Å². The highest BCUT2D eigenvalue weighted by molar-refractivity contribution is 5.85. The molecule has 0 spiro atoms. The lowest BCUT2D eigenvalue weighted by Crippen LogP contribution is -2.47. The monoisotopic (exact) mass is 420 g/mol. The summed E-state index contributed by atoms with van der Waals surface area (Å²) in [6, 6.07) is 6.29. The van der Waals surface area contributed by atoms with E-state index in [1.165, 1.54) is 12.5 Å². The van der Waals surface area contributed by atoms with Crippen LogP contribution >= 0.6 is 24.8 Å². The number of halogens is 2. The van der Waals surface area contributed by atoms with Crippen LogP contribution in [0.25, 0.3) is 0 Å². The van der Waals surface area contributed by atoms with Crippen molar-refractivity contribution in [3.05, 3.63) is 23.8 Å². The van der Waals surface area contributed by atoms with Gasteiger partial charge in [0, 0.05) is 52.4 Å². The molecule has 0 saturated carbocycles. The average molecular weight is 421 g/mol. The second kappa shape index (κ2) is 11.7. The van der Waals surface area contributed by atoms with Crippen molar-refractivity contribution in [2.45, 2.75) is 25.8 Å². The Morgan fingerprint density at radius 1 is 1.19 bits per heavy atom. The molecule has 0 aromatic heterocycles. The Labute approximate surface area is 173 Å². The van der Waals surface area contributed by atoms with E-state index in [0.29, 0.717) is 23.5 Å². The second-order valence-electron chi connectivity index (χ2n) is 6.68. The third-order valence-electron chi connectivity index (χ3n) is 5.04. The molecule has 0 bridgehead atoms. The number of carbonyl (C=O) groups excluding carboxylic acids is 1. The van der Waals surface area contributed by atoms with Gasteiger partial charge in [-0.15, -0.1) is 24.8 Å². The van der Waals surface area contributed by atoms with Crippen molar-refractivity contribution >= 4 is 30.8 Å². The average Bonchev–Trinajstić information content (AvgIpc) is 2.64. The number of hydrogen-bond acceptors (Lipinski definition) is 6. The van der Waals surface area contributed by atoms with Gasteiger partial charge in [-0.25, -0.2) is 0 Å². The molecule has 2 aliphatic heterocycles. The summed E-state index contributed by atoms with van der Waals surface area (Å²) in [5.41, 5.74) is 1.22. The summed E-state index contributed by atoms with van der Waals surface area (Å²) >= 11 is 0. The molecule has 2 heterocycles. The fourth-order valence-electron chi connectivity index (χ4n) is 3.88. The minimum atomic E-state index is -0.339. The molecule has 1 aromatic rings. The van der Waals surface area contributed by atoms with Gasteiger partial charge >= 0.3 is 5.97 Å². The van der Waals surface area contributed by atoms with Crippen LogP contribution in [-0.4, -0.2) is 57.4 Å². The number of benzene rings is 1. The van der Waals surface area contributed by atoms with Crippen LogP contribution in [0.15, 0.2) is 18.2 Å². The molecule has 0 unspecified atom stereocenters. The number of esters is 1. The molecule has 2 aliphatic rings. The fraction of sp³-hybridized carbons (Fsp3) is 0.632. The van der Waals surface area contributed by atoms with Gasteiger partial charge in [-0.1, -0.05) is 6.07 Å². The van der Waals surface area contributed by atoms with E-state index in [-0.39, 0.29) is 30.8 Å². The minimum absolute atomic E-state index is 0. The molecule has 1 atom stereocenters. The van der Waals surface area contributed by atoms with Gasteiger partial charge in [0.2, 0.25) is 0 Å². The topological polar surface area (TPSA) is 60.0 Å². The Morgan fingerprint density at radius 2 is 1.85 bits per heavy atom. The molecule has 27 heavy (non-hydrogen) atoms. The maximum atomic E-state index is 11.3. The zero-order chi connectivity index (χ0) is 17.6. The minimum Gasteiger partial charge on any atom is -0.493 e. The van der Waals surface area contributed by atoms with Crippen molar-refractivity contribution < 1.29 is 19.0 Å². The van der Waals surface area contributed by atoms with Gasteiger partial charge < -0.3 is 19.5 Å². The van der Waals surface area contributed by atoms with E-state index in [1.807, 2.05) is 12.1 Å². The first kappa shape index (κ1) is 24.0. The van der Waals surface area contributed by atoms with Gasteiger partial charge in [0.05, 0.1) is 7.11 Å². The Hall–Kier alpha value is -1.05. The standard InChI is InChI=1S/C19H28N2O4.2ClH/c1-14(22)25-17-4-3-16(13-18(17)23-2)19(15-5-11-24-12-6-15)21-9-7-20-8-10-21;;/h3-4,13,15,19-20H,5-12H2,1-2H3;2*1H/t19-;;/m1../s1. The Bertz CT molecular complexity index is 573. The predicted molar refractivity (Wildman–Crippen MR) is 110 cm³/mol. The Kier molecular flexibility index (Phi) is 10.4. The van der Waals surface area contributed by atoms with Crippen molar-refractivity contribution in [1.82, 2.24) is 10.2 Å². The number of nitrogens with zero attached hydrogens (tertiary/aromatic N) is 1. The lowest BCUT2D eigenvalue weighted by atomic mass is 9.85. The van der Waals surface area contributed by atoms with Crippen LogP contribution < -0.4 is 14.8 Å². The molecule has 8 heteroatoms. The first-order chi connectivity index (χ1) is 12.2. The number of piperazine rings is 1. The highest BCUT2D eigenvalue weighted by Crippen LogP contribution is 2.39. The van der Waals surface area contributed by atoms with E-state index in [2.05, 4.69) is 16.3 Å². The van der Waals surface area contributed by atoms with Crippen LogP contribution in [0.1, 0.15) is 31.4 Å². The Morgan fingerprint density at radius 3 is 2.44 bits per heavy atom. The van der Waals surface area contributed by atoms with Gasteiger partial charge in [0.1, 0.15) is 0 Å². The summed E-state index contributed by atoms with van der Waals surface area (Å²) in [4.78, 5) is 13.9. The van der Waals surface area contributed by atoms with Crippen LogP contribution in [-0.2, 0) is 9.53 Å². The lowest BCUT2D eigenvalue weighted by Gasteiger charge is -2.41. The molecule has 1 aromatic carbocycles. The third kappa shape index (κ3) is 6.22. The van der Waals surface area contributed by atoms with Crippen molar-refractivity contribution in [3.63, 3.8) is 0 Å². The Balaban J connectivity index is 0.00000182. The molecule has 6 nitrogen and oxygen atoms in total. The number of ether oxygens (including phenoxy) is 3. The molecule has 0 aliphatic carbocycles. The number of hydrogen-bond donors (Lipinski definition) is 1. The quantitative estimate of drug-likeness (QED) is 0.583. The maximum Gasteiger partial charge on any atom is 0.308 e. The van der Waals surface area contributed by atoms with Crippen LogP contribution in [0.4, 0.5) is 0 Å². The van der Waals surface area contributed by atoms with E-state index in [1.54, 1.807) is 7.11 Å². The molecule has 154 valence electrons. The molecule has 0 radical (unpaired) electrons. The summed E-state index contributed by atoms with van der Waals surface area (Å²) in [6.07, 6.45) is 2.14. The summed E-state index contributed by atoms with van der Waals surface area (Å²) in [7, 11) is 1.61. The van der Waals surface area contributed by atoms with Gasteiger partial charge in [0.25, 0.3) is 0 Å². The zero-order valence-electron chi connectivity index (χ0n) is 15.9. The first-order valence-electron chi connectivity index (χ1n) is 9.08. The van der Waals surface area contributed by atoms with E-state index in [4.69, 9.17) is 14.2 Å². The molecule has 3 rings (SSSR count). The number of methoxy groups -OCH3 is 1. The highest BCUT2D eigenvalue weighted by atomic mass is 35.5. The maximum absolute atomic E-state index is 11.3. The predicted octanol–water partition coefficient (Wildman–Crippen LogP) is 2.84. The van der Waals surface area contributed by atoms with Gasteiger partial charge in [-0.3, -0.25) is 9.69 Å². The van der Waals surface area contributed by atoms with Crippen LogP contribution in [0.5, 0.6) is 11.5 Å². The first-order valence-corrected chi connectivity index (χ1v) is 9.08. The van der Waals surface area contributed by atoms with Crippen molar-refractivity contribution in [2.75, 3.05) is 46.5 Å². The molecule has 2 saturated heterocycles. The SMILES string of the molecule is COc1cc([C@@H](C2CCOCC2)N2CCNCC2)ccc1OC(C)=O.Cl.Cl.